The van der Waals surface area contributed by atoms with Crippen LogP contribution < -0.4 is 10.1 Å². The summed E-state index contributed by atoms with van der Waals surface area (Å²) in [6.07, 6.45) is 0. The van der Waals surface area contributed by atoms with Crippen molar-refractivity contribution in [2.24, 2.45) is 0 Å². The summed E-state index contributed by atoms with van der Waals surface area (Å²) in [6.45, 7) is 0. The second kappa shape index (κ2) is 6.10. The molecular formula is C11H12ClNO6S. The summed E-state index contributed by atoms with van der Waals surface area (Å²) < 4.78 is 29.1. The third-order valence-electron chi connectivity index (χ3n) is 2.39. The third-order valence-corrected chi connectivity index (χ3v) is 4.22. The van der Waals surface area contributed by atoms with Crippen LogP contribution in [0.4, 0.5) is 0 Å². The molecule has 0 aliphatic heterocycles. The van der Waals surface area contributed by atoms with E-state index in [0.717, 1.165) is 19.2 Å². The van der Waals surface area contributed by atoms with Crippen molar-refractivity contribution in [1.29, 1.82) is 0 Å². The van der Waals surface area contributed by atoms with Crippen LogP contribution >= 0.6 is 11.6 Å². The summed E-state index contributed by atoms with van der Waals surface area (Å²) in [4.78, 5) is 21.9. The van der Waals surface area contributed by atoms with Gasteiger partial charge in [0.1, 0.15) is 16.2 Å². The number of sulfone groups is 1. The van der Waals surface area contributed by atoms with Crippen molar-refractivity contribution < 1.29 is 27.9 Å². The number of carbonyl (C=O) groups is 2. The Balaban J connectivity index is 3.51. The Morgan fingerprint density at radius 3 is 2.45 bits per heavy atom. The Bertz CT molecular complexity index is 655. The highest BCUT2D eigenvalue weighted by Crippen LogP contribution is 2.32. The van der Waals surface area contributed by atoms with Crippen molar-refractivity contribution in [2.45, 2.75) is 4.90 Å². The van der Waals surface area contributed by atoms with Crippen molar-refractivity contribution in [2.75, 3.05) is 19.9 Å². The third kappa shape index (κ3) is 3.40. The number of rotatable bonds is 5. The molecule has 0 bridgehead atoms. The molecule has 1 aromatic carbocycles. The SMILES string of the molecule is CNC(=O)CS(=O)(=O)c1cc(Cl)cc(C(=O)O)c1OC. The first kappa shape index (κ1) is 16.3. The molecule has 0 aliphatic carbocycles. The second-order valence-electron chi connectivity index (χ2n) is 3.72. The number of carboxylic acids is 1. The first-order chi connectivity index (χ1) is 9.22. The molecule has 0 radical (unpaired) electrons. The Hall–Kier alpha value is -1.80. The van der Waals surface area contributed by atoms with Crippen LogP contribution in [-0.4, -0.2) is 45.3 Å². The van der Waals surface area contributed by atoms with Gasteiger partial charge in [-0.15, -0.1) is 0 Å². The number of methoxy groups -OCH3 is 1. The number of carbonyl (C=O) groups excluding carboxylic acids is 1. The number of halogens is 1. The quantitative estimate of drug-likeness (QED) is 0.820. The van der Waals surface area contributed by atoms with E-state index in [-0.39, 0.29) is 10.8 Å². The zero-order chi connectivity index (χ0) is 15.5. The van der Waals surface area contributed by atoms with Gasteiger partial charge in [-0.1, -0.05) is 11.6 Å². The second-order valence-corrected chi connectivity index (χ2v) is 6.12. The lowest BCUT2D eigenvalue weighted by molar-refractivity contribution is -0.118. The molecular weight excluding hydrogens is 310 g/mol. The maximum atomic E-state index is 12.1. The highest BCUT2D eigenvalue weighted by Gasteiger charge is 2.27. The molecule has 0 atom stereocenters. The van der Waals surface area contributed by atoms with Crippen LogP contribution in [0.2, 0.25) is 5.02 Å². The fourth-order valence-electron chi connectivity index (χ4n) is 1.49. The van der Waals surface area contributed by atoms with Crippen LogP contribution in [-0.2, 0) is 14.6 Å². The first-order valence-corrected chi connectivity index (χ1v) is 7.30. The summed E-state index contributed by atoms with van der Waals surface area (Å²) in [5.41, 5.74) is -0.393. The predicted octanol–water partition coefficient (Wildman–Crippen LogP) is 0.567. The summed E-state index contributed by atoms with van der Waals surface area (Å²) >= 11 is 5.72. The molecule has 0 aromatic heterocycles. The van der Waals surface area contributed by atoms with Gasteiger partial charge in [-0.2, -0.15) is 0 Å². The van der Waals surface area contributed by atoms with Crippen molar-refractivity contribution in [3.05, 3.63) is 22.7 Å². The van der Waals surface area contributed by atoms with E-state index in [1.165, 1.54) is 7.05 Å². The highest BCUT2D eigenvalue weighted by molar-refractivity contribution is 7.92. The molecule has 0 saturated heterocycles. The van der Waals surface area contributed by atoms with Crippen molar-refractivity contribution in [3.63, 3.8) is 0 Å². The average molecular weight is 322 g/mol. The van der Waals surface area contributed by atoms with Gasteiger partial charge in [-0.25, -0.2) is 13.2 Å². The summed E-state index contributed by atoms with van der Waals surface area (Å²) in [5.74, 6) is -3.31. The number of benzene rings is 1. The minimum atomic E-state index is -4.08. The summed E-state index contributed by atoms with van der Waals surface area (Å²) in [6, 6.07) is 2.12. The fraction of sp³-hybridized carbons (Fsp3) is 0.273. The van der Waals surface area contributed by atoms with Crippen molar-refractivity contribution in [1.82, 2.24) is 5.32 Å². The molecule has 0 aliphatic rings. The largest absolute Gasteiger partial charge is 0.494 e. The maximum absolute atomic E-state index is 12.1. The molecule has 0 fully saturated rings. The molecule has 0 heterocycles. The van der Waals surface area contributed by atoms with Gasteiger partial charge in [0, 0.05) is 12.1 Å². The molecule has 1 aromatic rings. The van der Waals surface area contributed by atoms with Gasteiger partial charge in [0.15, 0.2) is 15.6 Å². The van der Waals surface area contributed by atoms with Gasteiger partial charge in [0.2, 0.25) is 5.91 Å². The molecule has 110 valence electrons. The van der Waals surface area contributed by atoms with Gasteiger partial charge < -0.3 is 15.2 Å². The van der Waals surface area contributed by atoms with Crippen LogP contribution in [0.1, 0.15) is 10.4 Å². The molecule has 1 rings (SSSR count). The monoisotopic (exact) mass is 321 g/mol. The van der Waals surface area contributed by atoms with Crippen molar-refractivity contribution >= 4 is 33.3 Å². The standard InChI is InChI=1S/C11H12ClNO6S/c1-13-9(14)5-20(17,18)8-4-6(12)3-7(11(15)16)10(8)19-2/h3-4H,5H2,1-2H3,(H,13,14)(H,15,16). The van der Waals surface area contributed by atoms with Gasteiger partial charge in [-0.3, -0.25) is 4.79 Å². The van der Waals surface area contributed by atoms with Gasteiger partial charge in [-0.05, 0) is 12.1 Å². The van der Waals surface area contributed by atoms with E-state index >= 15 is 0 Å². The van der Waals surface area contributed by atoms with E-state index in [2.05, 4.69) is 5.32 Å². The van der Waals surface area contributed by atoms with E-state index in [1.807, 2.05) is 0 Å². The van der Waals surface area contributed by atoms with Crippen LogP contribution in [0.5, 0.6) is 5.75 Å². The minimum Gasteiger partial charge on any atom is -0.494 e. The van der Waals surface area contributed by atoms with Crippen LogP contribution in [0.3, 0.4) is 0 Å². The van der Waals surface area contributed by atoms with E-state index in [4.69, 9.17) is 21.4 Å². The number of aromatic carboxylic acids is 1. The summed E-state index contributed by atoms with van der Waals surface area (Å²) in [7, 11) is -1.66. The lowest BCUT2D eigenvalue weighted by Crippen LogP contribution is -2.27. The Kier molecular flexibility index (Phi) is 4.96. The van der Waals surface area contributed by atoms with Gasteiger partial charge in [0.25, 0.3) is 0 Å². The van der Waals surface area contributed by atoms with E-state index < -0.39 is 37.9 Å². The topological polar surface area (TPSA) is 110 Å². The number of nitrogens with one attached hydrogen (secondary N) is 1. The number of amides is 1. The molecule has 7 nitrogen and oxygen atoms in total. The highest BCUT2D eigenvalue weighted by atomic mass is 35.5. The van der Waals surface area contributed by atoms with Crippen LogP contribution in [0.15, 0.2) is 17.0 Å². The Morgan fingerprint density at radius 1 is 1.40 bits per heavy atom. The van der Waals surface area contributed by atoms with Crippen molar-refractivity contribution in [3.8, 4) is 5.75 Å². The smallest absolute Gasteiger partial charge is 0.339 e. The number of hydrogen-bond acceptors (Lipinski definition) is 5. The summed E-state index contributed by atoms with van der Waals surface area (Å²) in [5, 5.41) is 11.1. The van der Waals surface area contributed by atoms with Gasteiger partial charge >= 0.3 is 5.97 Å². The number of carboxylic acid groups (broad SMARTS) is 1. The lowest BCUT2D eigenvalue weighted by atomic mass is 10.2. The molecule has 0 unspecified atom stereocenters. The molecule has 20 heavy (non-hydrogen) atoms. The van der Waals surface area contributed by atoms with Crippen LogP contribution in [0, 0.1) is 0 Å². The Morgan fingerprint density at radius 2 is 2.00 bits per heavy atom. The first-order valence-electron chi connectivity index (χ1n) is 5.27. The predicted molar refractivity (Wildman–Crippen MR) is 71.1 cm³/mol. The normalized spacial score (nSPS) is 10.9. The molecule has 2 N–H and O–H groups in total. The van der Waals surface area contributed by atoms with Gasteiger partial charge in [0.05, 0.1) is 7.11 Å². The van der Waals surface area contributed by atoms with E-state index in [0.29, 0.717) is 0 Å². The van der Waals surface area contributed by atoms with E-state index in [1.54, 1.807) is 0 Å². The minimum absolute atomic E-state index is 0.0846. The zero-order valence-corrected chi connectivity index (χ0v) is 12.2. The molecule has 0 saturated carbocycles. The maximum Gasteiger partial charge on any atom is 0.339 e. The van der Waals surface area contributed by atoms with E-state index in [9.17, 15) is 18.0 Å². The zero-order valence-electron chi connectivity index (χ0n) is 10.6. The number of hydrogen-bond donors (Lipinski definition) is 2. The number of ether oxygens (including phenoxy) is 1. The lowest BCUT2D eigenvalue weighted by Gasteiger charge is -2.12. The Labute approximate surface area is 120 Å². The molecule has 9 heteroatoms. The molecule has 1 amide bonds. The average Bonchev–Trinajstić information content (AvgIpc) is 2.36. The fourth-order valence-corrected chi connectivity index (χ4v) is 3.20. The molecule has 0 spiro atoms. The van der Waals surface area contributed by atoms with Crippen LogP contribution in [0.25, 0.3) is 0 Å².